The molecule has 1 aromatic carbocycles. The first-order valence-corrected chi connectivity index (χ1v) is 6.25. The summed E-state index contributed by atoms with van der Waals surface area (Å²) in [6.07, 6.45) is 2.23. The summed E-state index contributed by atoms with van der Waals surface area (Å²) in [4.78, 5) is 2.50. The van der Waals surface area contributed by atoms with Crippen LogP contribution in [0.4, 0.5) is 0 Å². The Morgan fingerprint density at radius 1 is 1.12 bits per heavy atom. The first-order valence-electron chi connectivity index (χ1n) is 6.25. The third-order valence-corrected chi connectivity index (χ3v) is 4.01. The highest BCUT2D eigenvalue weighted by atomic mass is 16.3. The maximum absolute atomic E-state index is 9.86. The van der Waals surface area contributed by atoms with E-state index in [0.717, 1.165) is 25.4 Å². The molecular weight excluding hydrogens is 198 g/mol. The molecule has 0 amide bonds. The van der Waals surface area contributed by atoms with Gasteiger partial charge >= 0.3 is 0 Å². The van der Waals surface area contributed by atoms with Crippen LogP contribution in [0.15, 0.2) is 30.3 Å². The second-order valence-corrected chi connectivity index (χ2v) is 5.34. The van der Waals surface area contributed by atoms with Gasteiger partial charge in [-0.15, -0.1) is 0 Å². The Kier molecular flexibility index (Phi) is 2.70. The molecule has 0 spiro atoms. The first-order chi connectivity index (χ1) is 7.81. The predicted octanol–water partition coefficient (Wildman–Crippen LogP) is 1.89. The molecule has 1 saturated carbocycles. The number of benzene rings is 1. The maximum atomic E-state index is 9.86. The fourth-order valence-electron chi connectivity index (χ4n) is 3.30. The van der Waals surface area contributed by atoms with Crippen LogP contribution in [-0.4, -0.2) is 29.2 Å². The third kappa shape index (κ3) is 2.00. The zero-order valence-electron chi connectivity index (χ0n) is 9.55. The molecule has 2 nitrogen and oxygen atoms in total. The fourth-order valence-corrected chi connectivity index (χ4v) is 3.30. The lowest BCUT2D eigenvalue weighted by atomic mass is 9.98. The molecule has 1 heterocycles. The number of hydrogen-bond donors (Lipinski definition) is 1. The number of piperidine rings is 1. The van der Waals surface area contributed by atoms with E-state index in [1.807, 2.05) is 0 Å². The molecule has 3 atom stereocenters. The van der Waals surface area contributed by atoms with Crippen molar-refractivity contribution in [2.24, 2.45) is 11.8 Å². The molecule has 1 aliphatic heterocycles. The predicted molar refractivity (Wildman–Crippen MR) is 63.9 cm³/mol. The molecule has 1 N–H and O–H groups in total. The summed E-state index contributed by atoms with van der Waals surface area (Å²) in [6, 6.07) is 10.6. The molecule has 2 bridgehead atoms. The van der Waals surface area contributed by atoms with Crippen LogP contribution in [0.1, 0.15) is 18.4 Å². The van der Waals surface area contributed by atoms with E-state index in [1.54, 1.807) is 0 Å². The fraction of sp³-hybridized carbons (Fsp3) is 0.571. The third-order valence-electron chi connectivity index (χ3n) is 4.01. The standard InChI is InChI=1S/C14H19NO/c16-14-7-12-6-13(14)10-15(9-12)8-11-4-2-1-3-5-11/h1-5,12-14,16H,6-10H2/t12-,13-,14+/m1/s1. The van der Waals surface area contributed by atoms with Crippen molar-refractivity contribution in [3.8, 4) is 0 Å². The first kappa shape index (κ1) is 10.3. The Bertz CT molecular complexity index is 349. The summed E-state index contributed by atoms with van der Waals surface area (Å²) >= 11 is 0. The number of rotatable bonds is 2. The summed E-state index contributed by atoms with van der Waals surface area (Å²) in [6.45, 7) is 3.29. The van der Waals surface area contributed by atoms with Gasteiger partial charge in [-0.05, 0) is 30.2 Å². The average Bonchev–Trinajstić information content (AvgIpc) is 2.54. The van der Waals surface area contributed by atoms with Gasteiger partial charge in [-0.3, -0.25) is 4.90 Å². The highest BCUT2D eigenvalue weighted by molar-refractivity contribution is 5.14. The van der Waals surface area contributed by atoms with Gasteiger partial charge in [0.25, 0.3) is 0 Å². The summed E-state index contributed by atoms with van der Waals surface area (Å²) in [5, 5.41) is 9.86. The van der Waals surface area contributed by atoms with Crippen LogP contribution in [0.5, 0.6) is 0 Å². The Morgan fingerprint density at radius 3 is 2.69 bits per heavy atom. The number of nitrogens with zero attached hydrogens (tertiary/aromatic N) is 1. The molecule has 1 aromatic rings. The van der Waals surface area contributed by atoms with E-state index in [9.17, 15) is 5.11 Å². The van der Waals surface area contributed by atoms with Crippen molar-refractivity contribution in [3.63, 3.8) is 0 Å². The van der Waals surface area contributed by atoms with Crippen LogP contribution in [-0.2, 0) is 6.54 Å². The van der Waals surface area contributed by atoms with Crippen LogP contribution < -0.4 is 0 Å². The van der Waals surface area contributed by atoms with Crippen molar-refractivity contribution in [2.75, 3.05) is 13.1 Å². The summed E-state index contributed by atoms with van der Waals surface area (Å²) in [7, 11) is 0. The van der Waals surface area contributed by atoms with Crippen molar-refractivity contribution in [2.45, 2.75) is 25.5 Å². The zero-order chi connectivity index (χ0) is 11.0. The molecular formula is C14H19NO. The second kappa shape index (κ2) is 4.19. The van der Waals surface area contributed by atoms with Gasteiger partial charge in [0.15, 0.2) is 0 Å². The Hall–Kier alpha value is -0.860. The van der Waals surface area contributed by atoms with Crippen LogP contribution in [0.2, 0.25) is 0 Å². The highest BCUT2D eigenvalue weighted by Gasteiger charge is 2.38. The summed E-state index contributed by atoms with van der Waals surface area (Å²) in [5.74, 6) is 1.26. The molecule has 3 rings (SSSR count). The largest absolute Gasteiger partial charge is 0.393 e. The van der Waals surface area contributed by atoms with Crippen LogP contribution in [0, 0.1) is 11.8 Å². The van der Waals surface area contributed by atoms with Gasteiger partial charge in [-0.25, -0.2) is 0 Å². The van der Waals surface area contributed by atoms with Crippen LogP contribution >= 0.6 is 0 Å². The van der Waals surface area contributed by atoms with Gasteiger partial charge in [-0.2, -0.15) is 0 Å². The van der Waals surface area contributed by atoms with Crippen molar-refractivity contribution in [3.05, 3.63) is 35.9 Å². The minimum atomic E-state index is -0.0363. The van der Waals surface area contributed by atoms with E-state index in [0.29, 0.717) is 5.92 Å². The lowest BCUT2D eigenvalue weighted by molar-refractivity contribution is 0.0994. The summed E-state index contributed by atoms with van der Waals surface area (Å²) in [5.41, 5.74) is 1.39. The van der Waals surface area contributed by atoms with E-state index in [-0.39, 0.29) is 6.10 Å². The molecule has 2 aliphatic rings. The van der Waals surface area contributed by atoms with Crippen molar-refractivity contribution >= 4 is 0 Å². The summed E-state index contributed by atoms with van der Waals surface area (Å²) < 4.78 is 0. The van der Waals surface area contributed by atoms with E-state index < -0.39 is 0 Å². The van der Waals surface area contributed by atoms with E-state index >= 15 is 0 Å². The molecule has 0 unspecified atom stereocenters. The maximum Gasteiger partial charge on any atom is 0.0583 e. The monoisotopic (exact) mass is 217 g/mol. The lowest BCUT2D eigenvalue weighted by Gasteiger charge is -2.31. The van der Waals surface area contributed by atoms with Crippen molar-refractivity contribution < 1.29 is 5.11 Å². The van der Waals surface area contributed by atoms with Gasteiger partial charge in [0, 0.05) is 19.6 Å². The van der Waals surface area contributed by atoms with Gasteiger partial charge in [-0.1, -0.05) is 30.3 Å². The second-order valence-electron chi connectivity index (χ2n) is 5.34. The zero-order valence-corrected chi connectivity index (χ0v) is 9.55. The SMILES string of the molecule is O[C@H]1C[C@H]2C[C@@H]1CN(Cc1ccccc1)C2. The average molecular weight is 217 g/mol. The minimum absolute atomic E-state index is 0.0363. The Balaban J connectivity index is 1.65. The smallest absolute Gasteiger partial charge is 0.0583 e. The minimum Gasteiger partial charge on any atom is -0.393 e. The lowest BCUT2D eigenvalue weighted by Crippen LogP contribution is -2.37. The quantitative estimate of drug-likeness (QED) is 0.817. The molecule has 2 fully saturated rings. The van der Waals surface area contributed by atoms with Gasteiger partial charge in [0.2, 0.25) is 0 Å². The van der Waals surface area contributed by atoms with Crippen molar-refractivity contribution in [1.29, 1.82) is 0 Å². The Morgan fingerprint density at radius 2 is 1.94 bits per heavy atom. The number of fused-ring (bicyclic) bond motifs is 2. The number of aliphatic hydroxyl groups is 1. The number of hydrogen-bond acceptors (Lipinski definition) is 2. The van der Waals surface area contributed by atoms with E-state index in [4.69, 9.17) is 0 Å². The molecule has 0 radical (unpaired) electrons. The Labute approximate surface area is 96.9 Å². The van der Waals surface area contributed by atoms with Crippen LogP contribution in [0.25, 0.3) is 0 Å². The molecule has 86 valence electrons. The van der Waals surface area contributed by atoms with Gasteiger partial charge in [0.1, 0.15) is 0 Å². The van der Waals surface area contributed by atoms with Gasteiger partial charge in [0.05, 0.1) is 6.10 Å². The highest BCUT2D eigenvalue weighted by Crippen LogP contribution is 2.37. The van der Waals surface area contributed by atoms with Gasteiger partial charge < -0.3 is 5.11 Å². The molecule has 2 heteroatoms. The normalized spacial score (nSPS) is 34.2. The van der Waals surface area contributed by atoms with E-state index in [2.05, 4.69) is 35.2 Å². The van der Waals surface area contributed by atoms with E-state index in [1.165, 1.54) is 18.5 Å². The molecule has 1 saturated heterocycles. The molecule has 16 heavy (non-hydrogen) atoms. The topological polar surface area (TPSA) is 23.5 Å². The number of aliphatic hydroxyl groups excluding tert-OH is 1. The van der Waals surface area contributed by atoms with Crippen molar-refractivity contribution in [1.82, 2.24) is 4.90 Å². The molecule has 1 aliphatic carbocycles. The molecule has 0 aromatic heterocycles. The van der Waals surface area contributed by atoms with Crippen LogP contribution in [0.3, 0.4) is 0 Å². The number of likely N-dealkylation sites (tertiary alicyclic amines) is 1.